The van der Waals surface area contributed by atoms with Gasteiger partial charge >= 0.3 is 0 Å². The number of rotatable bonds is 4. The van der Waals surface area contributed by atoms with Crippen molar-refractivity contribution in [2.75, 3.05) is 31.2 Å². The van der Waals surface area contributed by atoms with Gasteiger partial charge < -0.3 is 14.2 Å². The van der Waals surface area contributed by atoms with E-state index in [0.29, 0.717) is 43.2 Å². The van der Waals surface area contributed by atoms with Crippen LogP contribution in [0.1, 0.15) is 44.9 Å². The van der Waals surface area contributed by atoms with Gasteiger partial charge in [0.2, 0.25) is 5.95 Å². The van der Waals surface area contributed by atoms with E-state index in [1.807, 2.05) is 46.8 Å². The Morgan fingerprint density at radius 3 is 2.54 bits per heavy atom. The van der Waals surface area contributed by atoms with Crippen LogP contribution >= 0.6 is 0 Å². The molecule has 1 saturated heterocycles. The van der Waals surface area contributed by atoms with Gasteiger partial charge in [0.1, 0.15) is 4.75 Å². The Morgan fingerprint density at radius 2 is 1.93 bits per heavy atom. The number of morpholine rings is 1. The van der Waals surface area contributed by atoms with Crippen molar-refractivity contribution in [2.45, 2.75) is 45.4 Å². The van der Waals surface area contributed by atoms with Crippen LogP contribution in [0.5, 0.6) is 0 Å². The second kappa shape index (κ2) is 8.02. The smallest absolute Gasteiger partial charge is 0.262 e. The summed E-state index contributed by atoms with van der Waals surface area (Å²) in [4.78, 5) is 20.1. The van der Waals surface area contributed by atoms with E-state index in [0.717, 1.165) is 11.1 Å². The first-order valence-electron chi connectivity index (χ1n) is 9.61. The first kappa shape index (κ1) is 21.1. The zero-order valence-electron chi connectivity index (χ0n) is 17.5. The van der Waals surface area contributed by atoms with Crippen molar-refractivity contribution in [3.63, 3.8) is 0 Å². The van der Waals surface area contributed by atoms with Gasteiger partial charge in [-0.1, -0.05) is 6.07 Å². The lowest BCUT2D eigenvalue weighted by molar-refractivity contribution is 0.121. The Kier molecular flexibility index (Phi) is 6.05. The molecule has 2 aromatic rings. The summed E-state index contributed by atoms with van der Waals surface area (Å²) in [6.45, 7) is 12.4. The van der Waals surface area contributed by atoms with E-state index < -0.39 is 11.4 Å². The Hall–Kier alpha value is -1.61. The number of aromatic nitrogens is 2. The van der Waals surface area contributed by atoms with E-state index in [9.17, 15) is 9.35 Å². The van der Waals surface area contributed by atoms with E-state index in [1.165, 1.54) is 0 Å². The first-order chi connectivity index (χ1) is 13.1. The highest BCUT2D eigenvalue weighted by molar-refractivity contribution is 7.90. The van der Waals surface area contributed by atoms with Gasteiger partial charge in [0.25, 0.3) is 5.56 Å². The Balaban J connectivity index is 2.12. The standard InChI is InChI=1S/C20H30N4O3S/c1-13-11-15(14(2)22-28(26)20(3,4)5)17-16(12-13)18(25)23(6)19(21-17)24-7-9-27-10-8-24/h11-12,14,22H,7-10H2,1-6H3/t14-,28-/m1/s1. The summed E-state index contributed by atoms with van der Waals surface area (Å²) in [5, 5.41) is 0.588. The predicted octanol–water partition coefficient (Wildman–Crippen LogP) is 2.19. The summed E-state index contributed by atoms with van der Waals surface area (Å²) in [5.74, 6) is 0.648. The van der Waals surface area contributed by atoms with Crippen LogP contribution in [0.4, 0.5) is 5.95 Å². The molecule has 1 aliphatic heterocycles. The van der Waals surface area contributed by atoms with Gasteiger partial charge in [-0.15, -0.1) is 4.72 Å². The molecule has 28 heavy (non-hydrogen) atoms. The number of anilines is 1. The first-order valence-corrected chi connectivity index (χ1v) is 10.8. The van der Waals surface area contributed by atoms with Gasteiger partial charge in [-0.05, 0) is 46.2 Å². The van der Waals surface area contributed by atoms with Crippen molar-refractivity contribution >= 4 is 28.2 Å². The van der Waals surface area contributed by atoms with Crippen LogP contribution in [0.15, 0.2) is 16.9 Å². The lowest BCUT2D eigenvalue weighted by atomic mass is 10.0. The topological polar surface area (TPSA) is 82.4 Å². The molecule has 1 aliphatic rings. The van der Waals surface area contributed by atoms with Gasteiger partial charge in [0.05, 0.1) is 30.2 Å². The number of hydrogen-bond donors (Lipinski definition) is 1. The van der Waals surface area contributed by atoms with Gasteiger partial charge in [0, 0.05) is 37.1 Å². The van der Waals surface area contributed by atoms with Gasteiger partial charge in [-0.2, -0.15) is 0 Å². The number of nitrogens with one attached hydrogen (secondary N) is 1. The van der Waals surface area contributed by atoms with Crippen LogP contribution < -0.4 is 15.2 Å². The third-order valence-corrected chi connectivity index (χ3v) is 6.61. The number of fused-ring (bicyclic) bond motifs is 1. The molecule has 0 amide bonds. The summed E-state index contributed by atoms with van der Waals surface area (Å²) >= 11 is -1.22. The molecule has 0 bridgehead atoms. The van der Waals surface area contributed by atoms with Gasteiger partial charge in [0.15, 0.2) is 0 Å². The van der Waals surface area contributed by atoms with Gasteiger partial charge in [-0.25, -0.2) is 4.98 Å². The molecule has 8 heteroatoms. The second-order valence-electron chi connectivity index (χ2n) is 8.35. The van der Waals surface area contributed by atoms with Crippen molar-refractivity contribution in [3.05, 3.63) is 33.6 Å². The van der Waals surface area contributed by atoms with Crippen molar-refractivity contribution in [2.24, 2.45) is 7.05 Å². The highest BCUT2D eigenvalue weighted by atomic mass is 32.2. The number of aryl methyl sites for hydroxylation is 1. The van der Waals surface area contributed by atoms with E-state index >= 15 is 0 Å². The molecule has 7 nitrogen and oxygen atoms in total. The van der Waals surface area contributed by atoms with Crippen LogP contribution in [0.3, 0.4) is 0 Å². The maximum absolute atomic E-state index is 13.1. The maximum Gasteiger partial charge on any atom is 0.262 e. The van der Waals surface area contributed by atoms with Crippen LogP contribution in [-0.2, 0) is 23.1 Å². The lowest BCUT2D eigenvalue weighted by Crippen LogP contribution is -2.41. The molecule has 1 aromatic carbocycles. The summed E-state index contributed by atoms with van der Waals surface area (Å²) in [6.07, 6.45) is 0. The molecule has 0 aliphatic carbocycles. The minimum absolute atomic E-state index is 0.0689. The Morgan fingerprint density at radius 1 is 1.29 bits per heavy atom. The molecule has 0 saturated carbocycles. The fraction of sp³-hybridized carbons (Fsp3) is 0.600. The molecular formula is C20H30N4O3S. The quantitative estimate of drug-likeness (QED) is 0.784. The fourth-order valence-corrected chi connectivity index (χ4v) is 4.12. The summed E-state index contributed by atoms with van der Waals surface area (Å²) in [6, 6.07) is 3.69. The largest absolute Gasteiger partial charge is 0.598 e. The van der Waals surface area contributed by atoms with Crippen LogP contribution in [0, 0.1) is 6.92 Å². The zero-order chi connectivity index (χ0) is 20.6. The molecule has 154 valence electrons. The third-order valence-electron chi connectivity index (χ3n) is 4.93. The second-order valence-corrected chi connectivity index (χ2v) is 10.3. The van der Waals surface area contributed by atoms with Crippen LogP contribution in [-0.4, -0.2) is 45.2 Å². The molecule has 2 heterocycles. The lowest BCUT2D eigenvalue weighted by Gasteiger charge is -2.30. The van der Waals surface area contributed by atoms with Crippen molar-refractivity contribution in [1.82, 2.24) is 14.3 Å². The summed E-state index contributed by atoms with van der Waals surface area (Å²) in [5.41, 5.74) is 2.47. The minimum atomic E-state index is -1.22. The number of benzene rings is 1. The summed E-state index contributed by atoms with van der Waals surface area (Å²) in [7, 11) is 1.76. The maximum atomic E-state index is 13.1. The highest BCUT2D eigenvalue weighted by Crippen LogP contribution is 2.27. The van der Waals surface area contributed by atoms with E-state index in [2.05, 4.69) is 9.62 Å². The monoisotopic (exact) mass is 406 g/mol. The SMILES string of the molecule is Cc1cc([C@@H](C)N[S@+]([O-])C(C)(C)C)c2nc(N3CCOCC3)n(C)c(=O)c2c1. The highest BCUT2D eigenvalue weighted by Gasteiger charge is 2.29. The minimum Gasteiger partial charge on any atom is -0.598 e. The molecule has 1 aromatic heterocycles. The number of ether oxygens (including phenoxy) is 1. The molecule has 2 atom stereocenters. The molecule has 1 N–H and O–H groups in total. The molecule has 0 spiro atoms. The van der Waals surface area contributed by atoms with E-state index in [-0.39, 0.29) is 16.3 Å². The molecule has 3 rings (SSSR count). The fourth-order valence-electron chi connectivity index (χ4n) is 3.32. The van der Waals surface area contributed by atoms with Gasteiger partial charge in [-0.3, -0.25) is 9.36 Å². The average Bonchev–Trinajstić information content (AvgIpc) is 2.64. The third kappa shape index (κ3) is 4.20. The summed E-state index contributed by atoms with van der Waals surface area (Å²) < 4.78 is 22.4. The molecule has 0 unspecified atom stereocenters. The average molecular weight is 407 g/mol. The molecule has 1 fully saturated rings. The number of hydrogen-bond acceptors (Lipinski definition) is 6. The van der Waals surface area contributed by atoms with Crippen LogP contribution in [0.25, 0.3) is 10.9 Å². The molecule has 0 radical (unpaired) electrons. The predicted molar refractivity (Wildman–Crippen MR) is 114 cm³/mol. The van der Waals surface area contributed by atoms with E-state index in [1.54, 1.807) is 11.6 Å². The Bertz CT molecular complexity index is 916. The normalized spacial score (nSPS) is 17.8. The Labute approximate surface area is 169 Å². The van der Waals surface area contributed by atoms with E-state index in [4.69, 9.17) is 9.72 Å². The van der Waals surface area contributed by atoms with Crippen molar-refractivity contribution in [1.29, 1.82) is 0 Å². The van der Waals surface area contributed by atoms with Crippen molar-refractivity contribution in [3.8, 4) is 0 Å². The van der Waals surface area contributed by atoms with Crippen LogP contribution in [0.2, 0.25) is 0 Å². The van der Waals surface area contributed by atoms with Crippen molar-refractivity contribution < 1.29 is 9.29 Å². The number of nitrogens with zero attached hydrogens (tertiary/aromatic N) is 3. The molecular weight excluding hydrogens is 376 g/mol. The zero-order valence-corrected chi connectivity index (χ0v) is 18.4.